The van der Waals surface area contributed by atoms with E-state index in [2.05, 4.69) is 14.9 Å². The molecule has 0 aromatic carbocycles. The molecule has 23 heavy (non-hydrogen) atoms. The number of rotatable bonds is 3. The zero-order valence-electron chi connectivity index (χ0n) is 13.5. The van der Waals surface area contributed by atoms with Crippen LogP contribution in [0.25, 0.3) is 0 Å². The second kappa shape index (κ2) is 6.54. The van der Waals surface area contributed by atoms with Crippen molar-refractivity contribution in [2.75, 3.05) is 31.7 Å². The van der Waals surface area contributed by atoms with E-state index in [4.69, 9.17) is 4.74 Å². The van der Waals surface area contributed by atoms with Gasteiger partial charge in [-0.15, -0.1) is 0 Å². The number of carbonyl (C=O) groups is 1. The van der Waals surface area contributed by atoms with Gasteiger partial charge in [0.15, 0.2) is 0 Å². The van der Waals surface area contributed by atoms with Crippen molar-refractivity contribution in [2.45, 2.75) is 32.0 Å². The van der Waals surface area contributed by atoms with E-state index in [9.17, 15) is 9.59 Å². The summed E-state index contributed by atoms with van der Waals surface area (Å²) < 4.78 is 4.92. The Morgan fingerprint density at radius 2 is 2.13 bits per heavy atom. The molecule has 0 aliphatic carbocycles. The van der Waals surface area contributed by atoms with Crippen molar-refractivity contribution < 1.29 is 9.53 Å². The van der Waals surface area contributed by atoms with E-state index >= 15 is 0 Å². The molecule has 1 aromatic heterocycles. The number of likely N-dealkylation sites (tertiary alicyclic amines) is 1. The second-order valence-corrected chi connectivity index (χ2v) is 5.99. The molecule has 3 rings (SSSR count). The standard InChI is InChI=1S/C16H22N4O3/c1-11-17-9-12-3-4-14(21)18-16(12)20(11)13-5-7-19(8-6-13)15(22)10-23-2/h3-4,9,11,13H,5-8,10H2,1-2H3,(H,18,21). The highest BCUT2D eigenvalue weighted by atomic mass is 16.5. The second-order valence-electron chi connectivity index (χ2n) is 5.99. The molecule has 1 saturated heterocycles. The Bertz CT molecular complexity index is 662. The maximum absolute atomic E-state index is 11.9. The molecule has 124 valence electrons. The minimum Gasteiger partial charge on any atom is -0.375 e. The largest absolute Gasteiger partial charge is 0.375 e. The Morgan fingerprint density at radius 1 is 1.39 bits per heavy atom. The number of amides is 1. The minimum atomic E-state index is -0.107. The van der Waals surface area contributed by atoms with E-state index in [0.717, 1.165) is 24.2 Å². The van der Waals surface area contributed by atoms with Crippen LogP contribution in [0, 0.1) is 0 Å². The number of ether oxygens (including phenoxy) is 1. The summed E-state index contributed by atoms with van der Waals surface area (Å²) >= 11 is 0. The number of pyridine rings is 1. The van der Waals surface area contributed by atoms with Gasteiger partial charge >= 0.3 is 0 Å². The van der Waals surface area contributed by atoms with Crippen molar-refractivity contribution >= 4 is 17.9 Å². The number of hydrogen-bond donors (Lipinski definition) is 1. The molecule has 1 atom stereocenters. The van der Waals surface area contributed by atoms with Crippen molar-refractivity contribution in [3.05, 3.63) is 28.0 Å². The van der Waals surface area contributed by atoms with Crippen molar-refractivity contribution in [3.8, 4) is 0 Å². The number of fused-ring (bicyclic) bond motifs is 1. The van der Waals surface area contributed by atoms with E-state index < -0.39 is 0 Å². The van der Waals surface area contributed by atoms with Crippen LogP contribution in [0.1, 0.15) is 25.3 Å². The maximum atomic E-state index is 11.9. The lowest BCUT2D eigenvalue weighted by atomic mass is 10.0. The molecule has 1 fully saturated rings. The lowest BCUT2D eigenvalue weighted by molar-refractivity contribution is -0.136. The number of aromatic amines is 1. The Hall–Kier alpha value is -2.15. The molecule has 7 nitrogen and oxygen atoms in total. The van der Waals surface area contributed by atoms with Gasteiger partial charge in [-0.25, -0.2) is 0 Å². The molecule has 1 aromatic rings. The summed E-state index contributed by atoms with van der Waals surface area (Å²) in [5, 5.41) is 0. The zero-order valence-corrected chi connectivity index (χ0v) is 13.5. The summed E-state index contributed by atoms with van der Waals surface area (Å²) in [4.78, 5) is 35.1. The predicted octanol–water partition coefficient (Wildman–Crippen LogP) is 0.597. The normalized spacial score (nSPS) is 21.4. The topological polar surface area (TPSA) is 78.0 Å². The molecule has 2 aliphatic rings. The first-order chi connectivity index (χ1) is 11.1. The average Bonchev–Trinajstić information content (AvgIpc) is 2.55. The van der Waals surface area contributed by atoms with Gasteiger partial charge in [0.25, 0.3) is 0 Å². The molecule has 7 heteroatoms. The van der Waals surface area contributed by atoms with Gasteiger partial charge in [0.1, 0.15) is 18.6 Å². The third-order valence-corrected chi connectivity index (χ3v) is 4.50. The number of hydrogen-bond acceptors (Lipinski definition) is 5. The Kier molecular flexibility index (Phi) is 4.47. The van der Waals surface area contributed by atoms with E-state index in [1.807, 2.05) is 18.0 Å². The van der Waals surface area contributed by atoms with Crippen molar-refractivity contribution in [1.29, 1.82) is 0 Å². The van der Waals surface area contributed by atoms with Crippen LogP contribution in [-0.2, 0) is 9.53 Å². The molecule has 0 radical (unpaired) electrons. The first kappa shape index (κ1) is 15.7. The summed E-state index contributed by atoms with van der Waals surface area (Å²) in [6.45, 7) is 3.55. The molecule has 1 unspecified atom stereocenters. The number of nitrogens with zero attached hydrogens (tertiary/aromatic N) is 3. The van der Waals surface area contributed by atoms with E-state index in [-0.39, 0.29) is 30.3 Å². The molecular weight excluding hydrogens is 296 g/mol. The average molecular weight is 318 g/mol. The molecule has 1 amide bonds. The van der Waals surface area contributed by atoms with E-state index in [1.165, 1.54) is 13.2 Å². The summed E-state index contributed by atoms with van der Waals surface area (Å²) in [5.74, 6) is 0.867. The zero-order chi connectivity index (χ0) is 16.4. The highest BCUT2D eigenvalue weighted by Gasteiger charge is 2.32. The lowest BCUT2D eigenvalue weighted by Gasteiger charge is -2.42. The Labute approximate surface area is 135 Å². The molecule has 0 saturated carbocycles. The van der Waals surface area contributed by atoms with Crippen LogP contribution in [0.2, 0.25) is 0 Å². The fraction of sp³-hybridized carbons (Fsp3) is 0.562. The van der Waals surface area contributed by atoms with Gasteiger partial charge in [0.2, 0.25) is 11.5 Å². The van der Waals surface area contributed by atoms with Gasteiger partial charge < -0.3 is 19.5 Å². The summed E-state index contributed by atoms with van der Waals surface area (Å²) in [6.07, 6.45) is 3.49. The van der Waals surface area contributed by atoms with Crippen LogP contribution in [0.15, 0.2) is 21.9 Å². The minimum absolute atomic E-state index is 0.0215. The van der Waals surface area contributed by atoms with E-state index in [1.54, 1.807) is 6.07 Å². The number of H-pyrrole nitrogens is 1. The van der Waals surface area contributed by atoms with Gasteiger partial charge in [-0.05, 0) is 25.8 Å². The number of nitrogens with one attached hydrogen (secondary N) is 1. The third kappa shape index (κ3) is 3.14. The lowest BCUT2D eigenvalue weighted by Crippen LogP contribution is -2.51. The maximum Gasteiger partial charge on any atom is 0.249 e. The Balaban J connectivity index is 1.76. The van der Waals surface area contributed by atoms with Gasteiger partial charge in [-0.3, -0.25) is 14.6 Å². The van der Waals surface area contributed by atoms with Gasteiger partial charge in [0.05, 0.1) is 0 Å². The highest BCUT2D eigenvalue weighted by molar-refractivity contribution is 5.88. The first-order valence-corrected chi connectivity index (χ1v) is 7.91. The van der Waals surface area contributed by atoms with Crippen LogP contribution < -0.4 is 10.5 Å². The number of piperidine rings is 1. The molecular formula is C16H22N4O3. The highest BCUT2D eigenvalue weighted by Crippen LogP contribution is 2.29. The quantitative estimate of drug-likeness (QED) is 0.885. The monoisotopic (exact) mass is 318 g/mol. The van der Waals surface area contributed by atoms with Gasteiger partial charge in [-0.1, -0.05) is 0 Å². The fourth-order valence-electron chi connectivity index (χ4n) is 3.34. The SMILES string of the molecule is COCC(=O)N1CCC(N2c3[nH]c(=O)ccc3C=NC2C)CC1. The number of carbonyl (C=O) groups excluding carboxylic acids is 1. The van der Waals surface area contributed by atoms with Crippen molar-refractivity contribution in [1.82, 2.24) is 9.88 Å². The van der Waals surface area contributed by atoms with Crippen LogP contribution in [0.3, 0.4) is 0 Å². The first-order valence-electron chi connectivity index (χ1n) is 7.91. The van der Waals surface area contributed by atoms with Crippen molar-refractivity contribution in [3.63, 3.8) is 0 Å². The number of aromatic nitrogens is 1. The van der Waals surface area contributed by atoms with Gasteiger partial charge in [0, 0.05) is 44.1 Å². The van der Waals surface area contributed by atoms with Crippen LogP contribution >= 0.6 is 0 Å². The Morgan fingerprint density at radius 3 is 2.83 bits per heavy atom. The van der Waals surface area contributed by atoms with Crippen LogP contribution in [0.5, 0.6) is 0 Å². The number of aliphatic imine (C=N–C) groups is 1. The van der Waals surface area contributed by atoms with Crippen molar-refractivity contribution in [2.24, 2.45) is 4.99 Å². The van der Waals surface area contributed by atoms with Crippen LogP contribution in [-0.4, -0.2) is 61.0 Å². The third-order valence-electron chi connectivity index (χ3n) is 4.50. The fourth-order valence-corrected chi connectivity index (χ4v) is 3.34. The number of anilines is 1. The smallest absolute Gasteiger partial charge is 0.249 e. The molecule has 2 aliphatic heterocycles. The molecule has 0 bridgehead atoms. The predicted molar refractivity (Wildman–Crippen MR) is 88.1 cm³/mol. The van der Waals surface area contributed by atoms with Gasteiger partial charge in [-0.2, -0.15) is 0 Å². The number of methoxy groups -OCH3 is 1. The summed E-state index contributed by atoms with van der Waals surface area (Å²) in [7, 11) is 1.53. The molecule has 3 heterocycles. The molecule has 1 N–H and O–H groups in total. The van der Waals surface area contributed by atoms with E-state index in [0.29, 0.717) is 13.1 Å². The summed E-state index contributed by atoms with van der Waals surface area (Å²) in [6, 6.07) is 3.57. The summed E-state index contributed by atoms with van der Waals surface area (Å²) in [5.41, 5.74) is 0.824. The van der Waals surface area contributed by atoms with Crippen LogP contribution in [0.4, 0.5) is 5.82 Å². The molecule has 0 spiro atoms.